The molecule has 0 radical (unpaired) electrons. The molecule has 0 saturated carbocycles. The van der Waals surface area contributed by atoms with Gasteiger partial charge in [-0.1, -0.05) is 0 Å². The van der Waals surface area contributed by atoms with Gasteiger partial charge in [-0.2, -0.15) is 0 Å². The Bertz CT molecular complexity index is 401. The molecule has 21 nitrogen and oxygen atoms in total. The van der Waals surface area contributed by atoms with Crippen LogP contribution in [-0.4, -0.2) is 115 Å². The standard InChI is InChI=1S/7CH2O3.18Na.18H/c7*2-1(3)4;;;;;;;;;;;;;;;;;;;;;;;;;;;;;;;;;;;;/h7*(H2,2,3,4);;;;;;;;;;;;;;;;;;;;;;;;;;;;;;;;;;;;/q;;;;;;;18*+1;18*-1. The first-order valence-electron chi connectivity index (χ1n) is 4.56. The zero-order chi connectivity index (χ0) is 25.0. The van der Waals surface area contributed by atoms with Gasteiger partial charge in [0.1, 0.15) is 0 Å². The summed E-state index contributed by atoms with van der Waals surface area (Å²) in [6, 6.07) is 0. The zero-order valence-corrected chi connectivity index (χ0v) is 66.6. The third-order valence-electron chi connectivity index (χ3n) is 0. The Morgan fingerprint density at radius 2 is 0.174 bits per heavy atom. The molecule has 0 atom stereocenters. The van der Waals surface area contributed by atoms with Crippen molar-refractivity contribution in [3.63, 3.8) is 0 Å². The van der Waals surface area contributed by atoms with Crippen molar-refractivity contribution in [2.24, 2.45) is 0 Å². The Morgan fingerprint density at radius 1 is 0.174 bits per heavy atom. The molecular formula is C7H32Na18O21. The van der Waals surface area contributed by atoms with E-state index in [1.54, 1.807) is 0 Å². The van der Waals surface area contributed by atoms with Gasteiger partial charge >= 0.3 is 575 Å². The minimum absolute atomic E-state index is 0. The van der Waals surface area contributed by atoms with Crippen LogP contribution >= 0.6 is 0 Å². The van der Waals surface area contributed by atoms with Crippen LogP contribution in [0, 0.1) is 0 Å². The molecule has 46 heavy (non-hydrogen) atoms. The van der Waals surface area contributed by atoms with Gasteiger partial charge in [0.15, 0.2) is 0 Å². The number of carboxylic acid groups (broad SMARTS) is 14. The minimum atomic E-state index is -1.83. The fourth-order valence-corrected chi connectivity index (χ4v) is 0. The summed E-state index contributed by atoms with van der Waals surface area (Å²) in [5.41, 5.74) is 0. The smallest absolute Gasteiger partial charge is 1.00 e. The van der Waals surface area contributed by atoms with Gasteiger partial charge in [-0.25, -0.2) is 33.6 Å². The van der Waals surface area contributed by atoms with Gasteiger partial charge < -0.3 is 97.2 Å². The maximum absolute atomic E-state index is 8.56. The number of carbonyl (C=O) groups is 7. The molecule has 0 aliphatic heterocycles. The first-order chi connectivity index (χ1) is 12.1. The van der Waals surface area contributed by atoms with Crippen molar-refractivity contribution >= 4 is 43.1 Å². The van der Waals surface area contributed by atoms with E-state index in [0.717, 1.165) is 0 Å². The third-order valence-corrected chi connectivity index (χ3v) is 0. The monoisotopic (exact) mass is 866 g/mol. The molecule has 0 aliphatic rings. The zero-order valence-electron chi connectivity index (χ0n) is 48.6. The van der Waals surface area contributed by atoms with E-state index in [2.05, 4.69) is 0 Å². The molecule has 14 N–H and O–H groups in total. The van der Waals surface area contributed by atoms with Gasteiger partial charge in [-0.3, -0.25) is 0 Å². The first-order valence-corrected chi connectivity index (χ1v) is 4.56. The quantitative estimate of drug-likeness (QED) is 0.101. The summed E-state index contributed by atoms with van der Waals surface area (Å²) in [5.74, 6) is 0. The van der Waals surface area contributed by atoms with E-state index in [0.29, 0.717) is 0 Å². The third kappa shape index (κ3) is 1070. The molecule has 0 aliphatic carbocycles. The Kier molecular flexibility index (Phi) is 609. The second kappa shape index (κ2) is 163. The van der Waals surface area contributed by atoms with E-state index < -0.39 is 43.1 Å². The van der Waals surface area contributed by atoms with Crippen LogP contribution in [0.1, 0.15) is 25.7 Å². The molecule has 0 heterocycles. The Morgan fingerprint density at radius 3 is 0.174 bits per heavy atom. The Hall–Kier alpha value is 12.9. The predicted octanol–water partition coefficient (Wildman–Crippen LogP) is -50.3. The maximum atomic E-state index is 8.56. The number of hydrogen-bond donors (Lipinski definition) is 14. The van der Waals surface area contributed by atoms with Crippen LogP contribution in [0.3, 0.4) is 0 Å². The molecule has 0 rings (SSSR count). The van der Waals surface area contributed by atoms with E-state index in [-0.39, 0.29) is 558 Å². The van der Waals surface area contributed by atoms with Crippen molar-refractivity contribution in [2.45, 2.75) is 0 Å². The number of hydrogen-bond acceptors (Lipinski definition) is 7. The Balaban J connectivity index is -0.00000000179. The van der Waals surface area contributed by atoms with Crippen LogP contribution in [0.5, 0.6) is 0 Å². The molecule has 0 fully saturated rings. The van der Waals surface area contributed by atoms with Crippen LogP contribution in [-0.2, 0) is 0 Å². The molecule has 0 unspecified atom stereocenters. The fourth-order valence-electron chi connectivity index (χ4n) is 0. The van der Waals surface area contributed by atoms with Gasteiger partial charge in [0.25, 0.3) is 0 Å². The fraction of sp³-hybridized carbons (Fsp3) is 0. The average Bonchev–Trinajstić information content (AvgIpc) is 2.20. The van der Waals surface area contributed by atoms with Crippen LogP contribution in [0.15, 0.2) is 0 Å². The molecule has 0 amide bonds. The summed E-state index contributed by atoms with van der Waals surface area (Å²) in [6.45, 7) is 0. The summed E-state index contributed by atoms with van der Waals surface area (Å²) in [4.78, 5) is 59.9. The van der Waals surface area contributed by atoms with E-state index in [1.165, 1.54) is 0 Å². The minimum Gasteiger partial charge on any atom is -1.00 e. The summed E-state index contributed by atoms with van der Waals surface area (Å²) in [5, 5.41) is 97.6. The van der Waals surface area contributed by atoms with Gasteiger partial charge in [-0.05, 0) is 0 Å². The van der Waals surface area contributed by atoms with Crippen molar-refractivity contribution in [3.8, 4) is 0 Å². The summed E-state index contributed by atoms with van der Waals surface area (Å²) < 4.78 is 0. The molecule has 39 heteroatoms. The van der Waals surface area contributed by atoms with Gasteiger partial charge in [-0.15, -0.1) is 0 Å². The van der Waals surface area contributed by atoms with Crippen LogP contribution in [0.25, 0.3) is 0 Å². The maximum Gasteiger partial charge on any atom is 1.00 e. The van der Waals surface area contributed by atoms with E-state index >= 15 is 0 Å². The van der Waals surface area contributed by atoms with Crippen LogP contribution in [0.4, 0.5) is 33.6 Å². The van der Waals surface area contributed by atoms with E-state index in [9.17, 15) is 0 Å². The summed E-state index contributed by atoms with van der Waals surface area (Å²) in [6.07, 6.45) is -12.8. The molecule has 0 saturated heterocycles. The van der Waals surface area contributed by atoms with Crippen molar-refractivity contribution in [1.82, 2.24) is 0 Å². The second-order valence-corrected chi connectivity index (χ2v) is 1.98. The van der Waals surface area contributed by atoms with Crippen molar-refractivity contribution < 1.29 is 663 Å². The summed E-state index contributed by atoms with van der Waals surface area (Å²) >= 11 is 0. The molecular weight excluding hydrogens is 834 g/mol. The molecule has 0 aromatic heterocycles. The molecule has 0 aromatic rings. The Labute approximate surface area is 687 Å². The SMILES string of the molecule is O=C(O)O.O=C(O)O.O=C(O)O.O=C(O)O.O=C(O)O.O=C(O)O.O=C(O)O.[H-].[H-].[H-].[H-].[H-].[H-].[H-].[H-].[H-].[H-].[H-].[H-].[H-].[H-].[H-].[H-].[H-].[H-].[Na+].[Na+].[Na+].[Na+].[Na+].[Na+].[Na+].[Na+].[Na+].[Na+].[Na+].[Na+].[Na+].[Na+].[Na+].[Na+].[Na+].[Na+]. The van der Waals surface area contributed by atoms with Crippen LogP contribution < -0.4 is 532 Å². The normalized spacial score (nSPS) is 3.65. The van der Waals surface area contributed by atoms with Gasteiger partial charge in [0, 0.05) is 0 Å². The molecule has 0 spiro atoms. The van der Waals surface area contributed by atoms with Crippen molar-refractivity contribution in [3.05, 3.63) is 0 Å². The number of rotatable bonds is 0. The topological polar surface area (TPSA) is 403 Å². The molecule has 0 aromatic carbocycles. The first kappa shape index (κ1) is 172. The van der Waals surface area contributed by atoms with Gasteiger partial charge in [0.2, 0.25) is 0 Å². The van der Waals surface area contributed by atoms with E-state index in [1.807, 2.05) is 0 Å². The molecule has 0 bridgehead atoms. The van der Waals surface area contributed by atoms with Gasteiger partial charge in [0.05, 0.1) is 0 Å². The van der Waals surface area contributed by atoms with Crippen LogP contribution in [0.2, 0.25) is 0 Å². The van der Waals surface area contributed by atoms with Crippen molar-refractivity contribution in [2.75, 3.05) is 0 Å². The van der Waals surface area contributed by atoms with E-state index in [4.69, 9.17) is 105 Å². The average molecular weight is 866 g/mol. The largest absolute Gasteiger partial charge is 1.00 e. The van der Waals surface area contributed by atoms with Crippen molar-refractivity contribution in [1.29, 1.82) is 0 Å². The molecule has 204 valence electrons. The second-order valence-electron chi connectivity index (χ2n) is 1.98. The predicted molar refractivity (Wildman–Crippen MR) is 94.6 cm³/mol. The summed E-state index contributed by atoms with van der Waals surface area (Å²) in [7, 11) is 0.